The molecule has 1 aliphatic rings. The van der Waals surface area contributed by atoms with Crippen LogP contribution in [0.5, 0.6) is 0 Å². The van der Waals surface area contributed by atoms with E-state index in [4.69, 9.17) is 5.26 Å². The van der Waals surface area contributed by atoms with Gasteiger partial charge in [-0.3, -0.25) is 0 Å². The maximum Gasteiger partial charge on any atom is 0.244 e. The largest absolute Gasteiger partial charge is 0.244 e. The van der Waals surface area contributed by atoms with Crippen molar-refractivity contribution in [1.29, 1.82) is 5.26 Å². The van der Waals surface area contributed by atoms with Gasteiger partial charge < -0.3 is 0 Å². The summed E-state index contributed by atoms with van der Waals surface area (Å²) in [6.07, 6.45) is 3.91. The van der Waals surface area contributed by atoms with Crippen LogP contribution in [0.25, 0.3) is 0 Å². The fourth-order valence-corrected chi connectivity index (χ4v) is 4.30. The number of sulfonamides is 1. The molecule has 1 aliphatic carbocycles. The highest BCUT2D eigenvalue weighted by molar-refractivity contribution is 7.89. The summed E-state index contributed by atoms with van der Waals surface area (Å²) in [6.45, 7) is 2.20. The SMILES string of the molecule is CC1CCC(N(C)S(=O)(=O)c2ccccc2C#N)CC1. The lowest BCUT2D eigenvalue weighted by atomic mass is 9.87. The van der Waals surface area contributed by atoms with E-state index in [0.717, 1.165) is 25.7 Å². The Hall–Kier alpha value is -1.38. The van der Waals surface area contributed by atoms with E-state index in [1.807, 2.05) is 6.07 Å². The predicted molar refractivity (Wildman–Crippen MR) is 77.5 cm³/mol. The third-order valence-corrected chi connectivity index (χ3v) is 6.13. The fourth-order valence-electron chi connectivity index (χ4n) is 2.74. The molecule has 1 saturated carbocycles. The van der Waals surface area contributed by atoms with Gasteiger partial charge in [-0.15, -0.1) is 0 Å². The van der Waals surface area contributed by atoms with Gasteiger partial charge >= 0.3 is 0 Å². The third-order valence-electron chi connectivity index (χ3n) is 4.16. The van der Waals surface area contributed by atoms with Gasteiger partial charge in [0, 0.05) is 13.1 Å². The minimum absolute atomic E-state index is 0.0444. The number of rotatable bonds is 3. The van der Waals surface area contributed by atoms with Crippen LogP contribution in [0.1, 0.15) is 38.2 Å². The third kappa shape index (κ3) is 2.87. The lowest BCUT2D eigenvalue weighted by Gasteiger charge is -2.33. The van der Waals surface area contributed by atoms with Crippen molar-refractivity contribution in [3.05, 3.63) is 29.8 Å². The molecule has 0 aromatic heterocycles. The van der Waals surface area contributed by atoms with Crippen molar-refractivity contribution in [2.24, 2.45) is 5.92 Å². The Labute approximate surface area is 121 Å². The zero-order valence-electron chi connectivity index (χ0n) is 11.9. The molecule has 0 aliphatic heterocycles. The second-order valence-corrected chi connectivity index (χ2v) is 7.51. The van der Waals surface area contributed by atoms with Gasteiger partial charge in [0.15, 0.2) is 0 Å². The molecule has 0 bridgehead atoms. The van der Waals surface area contributed by atoms with Crippen LogP contribution < -0.4 is 0 Å². The van der Waals surface area contributed by atoms with Crippen molar-refractivity contribution in [2.45, 2.75) is 43.5 Å². The summed E-state index contributed by atoms with van der Waals surface area (Å²) in [4.78, 5) is 0.114. The van der Waals surface area contributed by atoms with Crippen LogP contribution in [0.2, 0.25) is 0 Å². The molecule has 5 heteroatoms. The van der Waals surface area contributed by atoms with Crippen LogP contribution in [-0.4, -0.2) is 25.8 Å². The molecule has 20 heavy (non-hydrogen) atoms. The molecule has 1 aromatic carbocycles. The van der Waals surface area contributed by atoms with E-state index in [1.54, 1.807) is 25.2 Å². The topological polar surface area (TPSA) is 61.2 Å². The highest BCUT2D eigenvalue weighted by atomic mass is 32.2. The highest BCUT2D eigenvalue weighted by Crippen LogP contribution is 2.30. The average molecular weight is 292 g/mol. The quantitative estimate of drug-likeness (QED) is 0.860. The van der Waals surface area contributed by atoms with E-state index in [-0.39, 0.29) is 16.5 Å². The molecular weight excluding hydrogens is 272 g/mol. The molecule has 0 heterocycles. The maximum absolute atomic E-state index is 12.7. The molecule has 0 amide bonds. The molecule has 0 spiro atoms. The first-order chi connectivity index (χ1) is 9.46. The first kappa shape index (κ1) is 15.0. The maximum atomic E-state index is 12.7. The number of benzene rings is 1. The molecule has 0 radical (unpaired) electrons. The van der Waals surface area contributed by atoms with Gasteiger partial charge in [0.2, 0.25) is 10.0 Å². The first-order valence-electron chi connectivity index (χ1n) is 6.94. The van der Waals surface area contributed by atoms with Crippen molar-refractivity contribution in [3.63, 3.8) is 0 Å². The normalized spacial score (nSPS) is 23.5. The Morgan fingerprint density at radius 2 is 1.80 bits per heavy atom. The molecule has 0 saturated heterocycles. The van der Waals surface area contributed by atoms with E-state index in [1.165, 1.54) is 10.4 Å². The molecule has 0 N–H and O–H groups in total. The summed E-state index contributed by atoms with van der Waals surface area (Å²) in [5, 5.41) is 9.08. The summed E-state index contributed by atoms with van der Waals surface area (Å²) in [5.41, 5.74) is 0.212. The summed E-state index contributed by atoms with van der Waals surface area (Å²) in [7, 11) is -1.96. The summed E-state index contributed by atoms with van der Waals surface area (Å²) < 4.78 is 26.8. The van der Waals surface area contributed by atoms with E-state index < -0.39 is 10.0 Å². The van der Waals surface area contributed by atoms with Crippen molar-refractivity contribution in [3.8, 4) is 6.07 Å². The Bertz CT molecular complexity index is 611. The number of nitriles is 1. The van der Waals surface area contributed by atoms with Crippen molar-refractivity contribution in [1.82, 2.24) is 4.31 Å². The zero-order valence-corrected chi connectivity index (χ0v) is 12.7. The van der Waals surface area contributed by atoms with Crippen molar-refractivity contribution < 1.29 is 8.42 Å². The second kappa shape index (κ2) is 5.94. The smallest absolute Gasteiger partial charge is 0.207 e. The number of nitrogens with zero attached hydrogens (tertiary/aromatic N) is 2. The Morgan fingerprint density at radius 1 is 1.20 bits per heavy atom. The molecule has 1 fully saturated rings. The lowest BCUT2D eigenvalue weighted by molar-refractivity contribution is 0.246. The summed E-state index contributed by atoms with van der Waals surface area (Å²) >= 11 is 0. The van der Waals surface area contributed by atoms with Crippen LogP contribution in [0.4, 0.5) is 0 Å². The van der Waals surface area contributed by atoms with Crippen molar-refractivity contribution >= 4 is 10.0 Å². The second-order valence-electron chi connectivity index (χ2n) is 5.54. The monoisotopic (exact) mass is 292 g/mol. The number of hydrogen-bond donors (Lipinski definition) is 0. The van der Waals surface area contributed by atoms with E-state index in [0.29, 0.717) is 5.92 Å². The van der Waals surface area contributed by atoms with Gasteiger partial charge in [-0.1, -0.05) is 19.1 Å². The Morgan fingerprint density at radius 3 is 2.40 bits per heavy atom. The standard InChI is InChI=1S/C15H20N2O2S/c1-12-7-9-14(10-8-12)17(2)20(18,19)15-6-4-3-5-13(15)11-16/h3-6,12,14H,7-10H2,1-2H3. The Balaban J connectivity index is 2.28. The van der Waals surface area contributed by atoms with Crippen LogP contribution in [0.3, 0.4) is 0 Å². The van der Waals surface area contributed by atoms with Gasteiger partial charge in [0.25, 0.3) is 0 Å². The van der Waals surface area contributed by atoms with E-state index >= 15 is 0 Å². The molecular formula is C15H20N2O2S. The minimum atomic E-state index is -3.59. The van der Waals surface area contributed by atoms with Gasteiger partial charge in [-0.2, -0.15) is 9.57 Å². The number of hydrogen-bond acceptors (Lipinski definition) is 3. The molecule has 1 aromatic rings. The highest BCUT2D eigenvalue weighted by Gasteiger charge is 2.31. The predicted octanol–water partition coefficient (Wildman–Crippen LogP) is 2.76. The van der Waals surface area contributed by atoms with Crippen LogP contribution >= 0.6 is 0 Å². The molecule has 2 rings (SSSR count). The van der Waals surface area contributed by atoms with Crippen LogP contribution in [0, 0.1) is 17.2 Å². The van der Waals surface area contributed by atoms with Crippen LogP contribution in [0.15, 0.2) is 29.2 Å². The summed E-state index contributed by atoms with van der Waals surface area (Å²) in [6, 6.07) is 8.40. The molecule has 108 valence electrons. The van der Waals surface area contributed by atoms with Gasteiger partial charge in [0.1, 0.15) is 6.07 Å². The fraction of sp³-hybridized carbons (Fsp3) is 0.533. The average Bonchev–Trinajstić information content (AvgIpc) is 2.47. The molecule has 0 atom stereocenters. The molecule has 4 nitrogen and oxygen atoms in total. The summed E-state index contributed by atoms with van der Waals surface area (Å²) in [5.74, 6) is 0.675. The van der Waals surface area contributed by atoms with Gasteiger partial charge in [-0.25, -0.2) is 8.42 Å². The molecule has 0 unspecified atom stereocenters. The van der Waals surface area contributed by atoms with E-state index in [2.05, 4.69) is 6.92 Å². The minimum Gasteiger partial charge on any atom is -0.207 e. The van der Waals surface area contributed by atoms with Crippen LogP contribution in [-0.2, 0) is 10.0 Å². The van der Waals surface area contributed by atoms with Gasteiger partial charge in [-0.05, 0) is 43.7 Å². The van der Waals surface area contributed by atoms with Gasteiger partial charge in [0.05, 0.1) is 10.5 Å². The Kier molecular flexibility index (Phi) is 4.46. The first-order valence-corrected chi connectivity index (χ1v) is 8.38. The van der Waals surface area contributed by atoms with E-state index in [9.17, 15) is 8.42 Å². The van der Waals surface area contributed by atoms with Crippen molar-refractivity contribution in [2.75, 3.05) is 7.05 Å². The lowest BCUT2D eigenvalue weighted by Crippen LogP contribution is -2.39. The zero-order chi connectivity index (χ0) is 14.8.